The summed E-state index contributed by atoms with van der Waals surface area (Å²) in [7, 11) is 1.49. The molecule has 0 aromatic heterocycles. The molecule has 1 fully saturated rings. The van der Waals surface area contributed by atoms with Crippen LogP contribution in [0.2, 0.25) is 0 Å². The van der Waals surface area contributed by atoms with E-state index in [-0.39, 0.29) is 18.9 Å². The lowest BCUT2D eigenvalue weighted by Crippen LogP contribution is -2.50. The molecule has 3 nitrogen and oxygen atoms in total. The largest absolute Gasteiger partial charge is 0.393 e. The van der Waals surface area contributed by atoms with E-state index in [1.807, 2.05) is 0 Å². The van der Waals surface area contributed by atoms with Gasteiger partial charge in [-0.15, -0.1) is 0 Å². The molecule has 0 radical (unpaired) electrons. The average molecular weight is 238 g/mol. The molecule has 1 N–H and O–H groups in total. The van der Waals surface area contributed by atoms with Crippen molar-refractivity contribution in [2.24, 2.45) is 5.92 Å². The summed E-state index contributed by atoms with van der Waals surface area (Å²) in [4.78, 5) is 12.9. The van der Waals surface area contributed by atoms with Crippen molar-refractivity contribution in [3.05, 3.63) is 0 Å². The number of amides is 1. The summed E-state index contributed by atoms with van der Waals surface area (Å²) in [5.74, 6) is -1.53. The van der Waals surface area contributed by atoms with Gasteiger partial charge in [0, 0.05) is 13.6 Å². The second-order valence-corrected chi connectivity index (χ2v) is 4.17. The summed E-state index contributed by atoms with van der Waals surface area (Å²) in [5.41, 5.74) is 0. The van der Waals surface area contributed by atoms with Crippen LogP contribution in [0.5, 0.6) is 0 Å². The second kappa shape index (κ2) is 5.03. The molecule has 1 rings (SSSR count). The highest BCUT2D eigenvalue weighted by atomic mass is 19.4. The number of hydrogen-bond donors (Lipinski definition) is 1. The van der Waals surface area contributed by atoms with Crippen LogP contribution in [0, 0.1) is 5.92 Å². The number of nitrogens with one attached hydrogen (secondary N) is 1. The van der Waals surface area contributed by atoms with Crippen LogP contribution in [0.1, 0.15) is 19.8 Å². The molecule has 94 valence electrons. The van der Waals surface area contributed by atoms with Gasteiger partial charge in [-0.1, -0.05) is 0 Å². The van der Waals surface area contributed by atoms with E-state index in [9.17, 15) is 18.0 Å². The molecule has 0 aliphatic carbocycles. The van der Waals surface area contributed by atoms with Gasteiger partial charge in [0.25, 0.3) is 0 Å². The van der Waals surface area contributed by atoms with Crippen LogP contribution in [0.25, 0.3) is 0 Å². The highest BCUT2D eigenvalue weighted by Crippen LogP contribution is 2.33. The number of alkyl halides is 3. The van der Waals surface area contributed by atoms with E-state index in [1.54, 1.807) is 11.8 Å². The Hall–Kier alpha value is -0.780. The lowest BCUT2D eigenvalue weighted by atomic mass is 9.96. The topological polar surface area (TPSA) is 32.3 Å². The molecular formula is C10H17F3N2O. The Morgan fingerprint density at radius 2 is 2.12 bits per heavy atom. The molecule has 0 saturated carbocycles. The van der Waals surface area contributed by atoms with Crippen molar-refractivity contribution in [3.8, 4) is 0 Å². The number of likely N-dealkylation sites (tertiary alicyclic amines) is 1. The number of piperidine rings is 1. The molecule has 2 atom stereocenters. The number of rotatable bonds is 2. The lowest BCUT2D eigenvalue weighted by molar-refractivity contribution is -0.188. The minimum Gasteiger partial charge on any atom is -0.358 e. The van der Waals surface area contributed by atoms with Crippen LogP contribution in [-0.2, 0) is 4.79 Å². The molecule has 1 saturated heterocycles. The third-order valence-electron chi connectivity index (χ3n) is 3.09. The Morgan fingerprint density at radius 1 is 1.50 bits per heavy atom. The molecule has 1 aliphatic rings. The minimum absolute atomic E-state index is 0.0713. The molecule has 0 aromatic rings. The smallest absolute Gasteiger partial charge is 0.358 e. The van der Waals surface area contributed by atoms with Crippen molar-refractivity contribution in [1.82, 2.24) is 10.2 Å². The summed E-state index contributed by atoms with van der Waals surface area (Å²) in [6, 6.07) is -0.491. The summed E-state index contributed by atoms with van der Waals surface area (Å²) in [6.07, 6.45) is -3.49. The van der Waals surface area contributed by atoms with Gasteiger partial charge in [0.15, 0.2) is 0 Å². The van der Waals surface area contributed by atoms with Crippen molar-refractivity contribution in [2.45, 2.75) is 32.0 Å². The molecule has 1 aliphatic heterocycles. The maximum atomic E-state index is 12.5. The van der Waals surface area contributed by atoms with Crippen molar-refractivity contribution in [3.63, 3.8) is 0 Å². The molecule has 0 aromatic carbocycles. The van der Waals surface area contributed by atoms with Crippen LogP contribution in [0.15, 0.2) is 0 Å². The summed E-state index contributed by atoms with van der Waals surface area (Å²) >= 11 is 0. The van der Waals surface area contributed by atoms with E-state index in [2.05, 4.69) is 5.32 Å². The number of nitrogens with zero attached hydrogens (tertiary/aromatic N) is 1. The Morgan fingerprint density at radius 3 is 2.62 bits per heavy atom. The fourth-order valence-electron chi connectivity index (χ4n) is 2.00. The van der Waals surface area contributed by atoms with E-state index in [0.29, 0.717) is 13.0 Å². The minimum atomic E-state index is -4.15. The van der Waals surface area contributed by atoms with Gasteiger partial charge >= 0.3 is 6.18 Å². The monoisotopic (exact) mass is 238 g/mol. The van der Waals surface area contributed by atoms with Gasteiger partial charge in [0.05, 0.1) is 12.0 Å². The first-order valence-electron chi connectivity index (χ1n) is 5.38. The van der Waals surface area contributed by atoms with Crippen LogP contribution < -0.4 is 5.32 Å². The van der Waals surface area contributed by atoms with E-state index in [4.69, 9.17) is 0 Å². The van der Waals surface area contributed by atoms with E-state index < -0.39 is 18.1 Å². The van der Waals surface area contributed by atoms with Crippen LogP contribution in [-0.4, -0.2) is 43.2 Å². The fourth-order valence-corrected chi connectivity index (χ4v) is 2.00. The highest BCUT2D eigenvalue weighted by molar-refractivity contribution is 5.80. The first-order valence-corrected chi connectivity index (χ1v) is 5.38. The Bertz CT molecular complexity index is 255. The maximum absolute atomic E-state index is 12.5. The number of halogens is 3. The zero-order valence-corrected chi connectivity index (χ0v) is 9.47. The lowest BCUT2D eigenvalue weighted by Gasteiger charge is -2.36. The zero-order valence-electron chi connectivity index (χ0n) is 9.47. The van der Waals surface area contributed by atoms with Crippen LogP contribution in [0.4, 0.5) is 13.2 Å². The van der Waals surface area contributed by atoms with Gasteiger partial charge < -0.3 is 5.32 Å². The van der Waals surface area contributed by atoms with Crippen molar-refractivity contribution >= 4 is 5.91 Å². The predicted octanol–water partition coefficient (Wildman–Crippen LogP) is 1.40. The number of hydrogen-bond acceptors (Lipinski definition) is 2. The zero-order chi connectivity index (χ0) is 12.3. The quantitative estimate of drug-likeness (QED) is 0.788. The first kappa shape index (κ1) is 13.3. The number of carbonyl (C=O) groups excluding carboxylic acids is 1. The summed E-state index contributed by atoms with van der Waals surface area (Å²) < 4.78 is 37.6. The Kier molecular flexibility index (Phi) is 4.18. The number of carbonyl (C=O) groups is 1. The molecule has 6 heteroatoms. The molecule has 0 spiro atoms. The average Bonchev–Trinajstić information content (AvgIpc) is 2.26. The second-order valence-electron chi connectivity index (χ2n) is 4.17. The van der Waals surface area contributed by atoms with Gasteiger partial charge in [-0.2, -0.15) is 13.2 Å². The van der Waals surface area contributed by atoms with Crippen molar-refractivity contribution in [2.75, 3.05) is 20.1 Å². The molecule has 1 heterocycles. The van der Waals surface area contributed by atoms with Crippen molar-refractivity contribution in [1.29, 1.82) is 0 Å². The first-order chi connectivity index (χ1) is 7.36. The van der Waals surface area contributed by atoms with E-state index in [0.717, 1.165) is 0 Å². The highest BCUT2D eigenvalue weighted by Gasteiger charge is 2.42. The molecular weight excluding hydrogens is 221 g/mol. The number of likely N-dealkylation sites (N-methyl/N-ethyl adjacent to an activating group) is 1. The van der Waals surface area contributed by atoms with Gasteiger partial charge in [0.1, 0.15) is 0 Å². The molecule has 0 unspecified atom stereocenters. The van der Waals surface area contributed by atoms with Gasteiger partial charge in [0.2, 0.25) is 5.91 Å². The molecule has 16 heavy (non-hydrogen) atoms. The third kappa shape index (κ3) is 3.10. The van der Waals surface area contributed by atoms with E-state index in [1.165, 1.54) is 7.05 Å². The predicted molar refractivity (Wildman–Crippen MR) is 53.9 cm³/mol. The van der Waals surface area contributed by atoms with Gasteiger partial charge in [-0.3, -0.25) is 9.69 Å². The Balaban J connectivity index is 2.60. The summed E-state index contributed by atoms with van der Waals surface area (Å²) in [5, 5.41) is 2.45. The normalized spacial score (nSPS) is 25.2. The van der Waals surface area contributed by atoms with Gasteiger partial charge in [-0.25, -0.2) is 0 Å². The van der Waals surface area contributed by atoms with Crippen LogP contribution >= 0.6 is 0 Å². The van der Waals surface area contributed by atoms with Gasteiger partial charge in [-0.05, 0) is 26.3 Å². The standard InChI is InChI=1S/C10H17F3N2O/c1-7(9(16)14-2)15-5-3-4-8(6-15)10(11,12)13/h7-8H,3-6H2,1-2H3,(H,14,16)/t7-,8-/m0/s1. The van der Waals surface area contributed by atoms with Crippen molar-refractivity contribution < 1.29 is 18.0 Å². The molecule has 1 amide bonds. The SMILES string of the molecule is CNC(=O)[C@H](C)N1CCC[C@H](C(F)(F)F)C1. The fraction of sp³-hybridized carbons (Fsp3) is 0.900. The van der Waals surface area contributed by atoms with Crippen LogP contribution in [0.3, 0.4) is 0 Å². The van der Waals surface area contributed by atoms with E-state index >= 15 is 0 Å². The Labute approximate surface area is 93.0 Å². The molecule has 0 bridgehead atoms. The third-order valence-corrected chi connectivity index (χ3v) is 3.09. The maximum Gasteiger partial charge on any atom is 0.393 e. The summed E-state index contributed by atoms with van der Waals surface area (Å²) in [6.45, 7) is 2.12.